The predicted molar refractivity (Wildman–Crippen MR) is 98.3 cm³/mol. The minimum Gasteiger partial charge on any atom is -0.339 e. The second-order valence-corrected chi connectivity index (χ2v) is 6.98. The van der Waals surface area contributed by atoms with Crippen LogP contribution in [0, 0.1) is 6.92 Å². The Labute approximate surface area is 149 Å². The van der Waals surface area contributed by atoms with Crippen molar-refractivity contribution in [2.45, 2.75) is 64.8 Å². The molecule has 0 spiro atoms. The smallest absolute Gasteiger partial charge is 0.226 e. The summed E-state index contributed by atoms with van der Waals surface area (Å²) in [6, 6.07) is 5.74. The van der Waals surface area contributed by atoms with E-state index >= 15 is 0 Å². The minimum atomic E-state index is -0.0831. The second kappa shape index (κ2) is 9.07. The van der Waals surface area contributed by atoms with Crippen molar-refractivity contribution in [2.75, 3.05) is 11.9 Å². The summed E-state index contributed by atoms with van der Waals surface area (Å²) in [6.45, 7) is 3.96. The van der Waals surface area contributed by atoms with Crippen molar-refractivity contribution in [2.24, 2.45) is 0 Å². The molecule has 0 atom stereocenters. The summed E-state index contributed by atoms with van der Waals surface area (Å²) in [5.74, 6) is -0.0196. The van der Waals surface area contributed by atoms with Crippen molar-refractivity contribution in [3.63, 3.8) is 0 Å². The van der Waals surface area contributed by atoms with E-state index in [9.17, 15) is 9.59 Å². The molecular weight excluding hydrogens is 324 g/mol. The number of halogens is 1. The molecule has 0 radical (unpaired) electrons. The molecule has 0 saturated heterocycles. The lowest BCUT2D eigenvalue weighted by molar-refractivity contribution is -0.131. The third-order valence-electron chi connectivity index (χ3n) is 4.79. The number of anilines is 1. The molecule has 0 aliphatic heterocycles. The molecule has 0 aromatic heterocycles. The summed E-state index contributed by atoms with van der Waals surface area (Å²) in [7, 11) is 0. The van der Waals surface area contributed by atoms with Crippen molar-refractivity contribution in [3.05, 3.63) is 28.8 Å². The first-order valence-corrected chi connectivity index (χ1v) is 9.19. The third-order valence-corrected chi connectivity index (χ3v) is 5.20. The van der Waals surface area contributed by atoms with Gasteiger partial charge in [-0.3, -0.25) is 9.59 Å². The van der Waals surface area contributed by atoms with E-state index in [-0.39, 0.29) is 17.9 Å². The molecule has 1 aromatic carbocycles. The number of carbonyl (C=O) groups excluding carboxylic acids is 2. The summed E-state index contributed by atoms with van der Waals surface area (Å²) in [5.41, 5.74) is 1.59. The van der Waals surface area contributed by atoms with Crippen molar-refractivity contribution in [1.82, 2.24) is 4.90 Å². The number of benzene rings is 1. The molecule has 1 aromatic rings. The van der Waals surface area contributed by atoms with Crippen LogP contribution in [0.4, 0.5) is 5.69 Å². The van der Waals surface area contributed by atoms with E-state index in [2.05, 4.69) is 5.32 Å². The molecule has 24 heavy (non-hydrogen) atoms. The van der Waals surface area contributed by atoms with Gasteiger partial charge < -0.3 is 10.2 Å². The van der Waals surface area contributed by atoms with Gasteiger partial charge in [-0.2, -0.15) is 0 Å². The summed E-state index contributed by atoms with van der Waals surface area (Å²) in [6.07, 6.45) is 7.24. The molecule has 1 N–H and O–H groups in total. The second-order valence-electron chi connectivity index (χ2n) is 6.57. The Morgan fingerprint density at radius 2 is 1.88 bits per heavy atom. The van der Waals surface area contributed by atoms with Gasteiger partial charge in [-0.1, -0.05) is 43.4 Å². The van der Waals surface area contributed by atoms with Crippen LogP contribution in [0.5, 0.6) is 0 Å². The zero-order valence-corrected chi connectivity index (χ0v) is 15.4. The van der Waals surface area contributed by atoms with Crippen molar-refractivity contribution in [1.29, 1.82) is 0 Å². The summed E-state index contributed by atoms with van der Waals surface area (Å²) in [4.78, 5) is 26.1. The Balaban J connectivity index is 1.92. The number of nitrogens with one attached hydrogen (secondary N) is 1. The number of rotatable bonds is 5. The van der Waals surface area contributed by atoms with E-state index < -0.39 is 0 Å². The molecule has 0 bridgehead atoms. The highest BCUT2D eigenvalue weighted by atomic mass is 35.5. The van der Waals surface area contributed by atoms with Crippen LogP contribution in [0.3, 0.4) is 0 Å². The molecule has 1 fully saturated rings. The lowest BCUT2D eigenvalue weighted by Gasteiger charge is -2.30. The molecule has 0 heterocycles. The van der Waals surface area contributed by atoms with E-state index in [0.29, 0.717) is 18.0 Å². The van der Waals surface area contributed by atoms with E-state index in [1.165, 1.54) is 25.7 Å². The van der Waals surface area contributed by atoms with Gasteiger partial charge in [-0.05, 0) is 37.5 Å². The summed E-state index contributed by atoms with van der Waals surface area (Å²) < 4.78 is 0. The SMILES string of the molecule is CC(=O)N(CCC(=O)Nc1cccc(Cl)c1C)C1CCCCCC1. The van der Waals surface area contributed by atoms with Crippen LogP contribution in [-0.2, 0) is 9.59 Å². The Morgan fingerprint density at radius 1 is 1.21 bits per heavy atom. The van der Waals surface area contributed by atoms with Crippen LogP contribution >= 0.6 is 11.6 Å². The normalized spacial score (nSPS) is 15.6. The number of hydrogen-bond donors (Lipinski definition) is 1. The molecule has 2 amide bonds. The van der Waals surface area contributed by atoms with Crippen molar-refractivity contribution in [3.8, 4) is 0 Å². The Morgan fingerprint density at radius 3 is 2.50 bits per heavy atom. The number of carbonyl (C=O) groups is 2. The fourth-order valence-corrected chi connectivity index (χ4v) is 3.52. The molecule has 1 saturated carbocycles. The number of hydrogen-bond acceptors (Lipinski definition) is 2. The molecule has 132 valence electrons. The Hall–Kier alpha value is -1.55. The maximum atomic E-state index is 12.3. The predicted octanol–water partition coefficient (Wildman–Crippen LogP) is 4.55. The van der Waals surface area contributed by atoms with Crippen molar-refractivity contribution >= 4 is 29.1 Å². The standard InChI is InChI=1S/C19H27ClN2O2/c1-14-17(20)10-7-11-18(14)21-19(24)12-13-22(15(2)23)16-8-5-3-4-6-9-16/h7,10-11,16H,3-6,8-9,12-13H2,1-2H3,(H,21,24). The summed E-state index contributed by atoms with van der Waals surface area (Å²) in [5, 5.41) is 3.54. The lowest BCUT2D eigenvalue weighted by Crippen LogP contribution is -2.40. The molecule has 1 aliphatic rings. The van der Waals surface area contributed by atoms with Gasteiger partial charge in [0.05, 0.1) is 0 Å². The molecule has 1 aliphatic carbocycles. The van der Waals surface area contributed by atoms with Gasteiger partial charge in [0.2, 0.25) is 11.8 Å². The van der Waals surface area contributed by atoms with E-state index in [1.54, 1.807) is 13.0 Å². The third kappa shape index (κ3) is 5.23. The van der Waals surface area contributed by atoms with Crippen LogP contribution in [-0.4, -0.2) is 29.3 Å². The maximum Gasteiger partial charge on any atom is 0.226 e. The minimum absolute atomic E-state index is 0.0636. The van der Waals surface area contributed by atoms with Crippen LogP contribution in [0.2, 0.25) is 5.02 Å². The number of nitrogens with zero attached hydrogens (tertiary/aromatic N) is 1. The van der Waals surface area contributed by atoms with Gasteiger partial charge in [0.1, 0.15) is 0 Å². The molecule has 4 nitrogen and oxygen atoms in total. The first-order chi connectivity index (χ1) is 11.5. The molecule has 5 heteroatoms. The fourth-order valence-electron chi connectivity index (χ4n) is 3.34. The highest BCUT2D eigenvalue weighted by Crippen LogP contribution is 2.24. The largest absolute Gasteiger partial charge is 0.339 e. The maximum absolute atomic E-state index is 12.3. The van der Waals surface area contributed by atoms with Gasteiger partial charge in [0, 0.05) is 36.6 Å². The highest BCUT2D eigenvalue weighted by molar-refractivity contribution is 6.31. The highest BCUT2D eigenvalue weighted by Gasteiger charge is 2.22. The average molecular weight is 351 g/mol. The lowest BCUT2D eigenvalue weighted by atomic mass is 10.1. The van der Waals surface area contributed by atoms with E-state index in [0.717, 1.165) is 24.1 Å². The molecular formula is C19H27ClN2O2. The first kappa shape index (κ1) is 18.8. The average Bonchev–Trinajstić information content (AvgIpc) is 2.81. The topological polar surface area (TPSA) is 49.4 Å². The van der Waals surface area contributed by atoms with Gasteiger partial charge in [-0.25, -0.2) is 0 Å². The fraction of sp³-hybridized carbons (Fsp3) is 0.579. The first-order valence-electron chi connectivity index (χ1n) is 8.81. The van der Waals surface area contributed by atoms with Crippen LogP contribution in [0.1, 0.15) is 57.4 Å². The van der Waals surface area contributed by atoms with Gasteiger partial charge in [-0.15, -0.1) is 0 Å². The zero-order chi connectivity index (χ0) is 17.5. The van der Waals surface area contributed by atoms with Gasteiger partial charge in [0.25, 0.3) is 0 Å². The van der Waals surface area contributed by atoms with Crippen molar-refractivity contribution < 1.29 is 9.59 Å². The molecule has 2 rings (SSSR count). The van der Waals surface area contributed by atoms with E-state index in [1.807, 2.05) is 24.0 Å². The van der Waals surface area contributed by atoms with Gasteiger partial charge in [0.15, 0.2) is 0 Å². The van der Waals surface area contributed by atoms with Crippen LogP contribution < -0.4 is 5.32 Å². The zero-order valence-electron chi connectivity index (χ0n) is 14.6. The summed E-state index contributed by atoms with van der Waals surface area (Å²) >= 11 is 6.08. The Bertz CT molecular complexity index is 581. The van der Waals surface area contributed by atoms with Crippen LogP contribution in [0.25, 0.3) is 0 Å². The van der Waals surface area contributed by atoms with Gasteiger partial charge >= 0.3 is 0 Å². The van der Waals surface area contributed by atoms with Crippen LogP contribution in [0.15, 0.2) is 18.2 Å². The molecule has 0 unspecified atom stereocenters. The quantitative estimate of drug-likeness (QED) is 0.792. The monoisotopic (exact) mass is 350 g/mol. The Kier molecular flexibility index (Phi) is 7.10. The number of amides is 2. The van der Waals surface area contributed by atoms with E-state index in [4.69, 9.17) is 11.6 Å².